The molecule has 0 radical (unpaired) electrons. The molecule has 6 heteroatoms. The maximum absolute atomic E-state index is 13.3. The van der Waals surface area contributed by atoms with Crippen molar-refractivity contribution in [3.05, 3.63) is 28.0 Å². The fourth-order valence-corrected chi connectivity index (χ4v) is 2.56. The molecule has 1 aliphatic rings. The number of benzene rings is 1. The van der Waals surface area contributed by atoms with Crippen LogP contribution in [0.5, 0.6) is 0 Å². The lowest BCUT2D eigenvalue weighted by molar-refractivity contribution is 0.0727. The van der Waals surface area contributed by atoms with Crippen molar-refractivity contribution in [2.75, 3.05) is 12.3 Å². The van der Waals surface area contributed by atoms with Crippen LogP contribution in [0.15, 0.2) is 16.6 Å². The van der Waals surface area contributed by atoms with Gasteiger partial charge in [-0.1, -0.05) is 0 Å². The van der Waals surface area contributed by atoms with E-state index in [9.17, 15) is 9.18 Å². The number of hydrogen-bond donors (Lipinski definition) is 2. The van der Waals surface area contributed by atoms with Crippen molar-refractivity contribution in [2.24, 2.45) is 0 Å². The minimum Gasteiger partial charge on any atom is -0.396 e. The second-order valence-electron chi connectivity index (χ2n) is 4.99. The van der Waals surface area contributed by atoms with Crippen LogP contribution in [0.25, 0.3) is 0 Å². The summed E-state index contributed by atoms with van der Waals surface area (Å²) < 4.78 is 19.1. The highest BCUT2D eigenvalue weighted by molar-refractivity contribution is 9.10. The van der Waals surface area contributed by atoms with Gasteiger partial charge in [-0.3, -0.25) is 4.79 Å². The number of ether oxygens (including phenoxy) is 1. The predicted octanol–water partition coefficient (Wildman–Crippen LogP) is 2.47. The lowest BCUT2D eigenvalue weighted by atomic mass is 9.94. The molecule has 1 saturated heterocycles. The van der Waals surface area contributed by atoms with E-state index < -0.39 is 11.4 Å². The van der Waals surface area contributed by atoms with Gasteiger partial charge in [-0.25, -0.2) is 4.39 Å². The molecule has 2 rings (SSSR count). The normalized spacial score (nSPS) is 26.4. The van der Waals surface area contributed by atoms with E-state index in [-0.39, 0.29) is 17.7 Å². The first-order valence-electron chi connectivity index (χ1n) is 6.02. The number of nitrogens with two attached hydrogens (primary N) is 1. The van der Waals surface area contributed by atoms with Crippen molar-refractivity contribution in [3.63, 3.8) is 0 Å². The number of halogens is 2. The zero-order valence-corrected chi connectivity index (χ0v) is 12.4. The number of hydrogen-bond acceptors (Lipinski definition) is 3. The van der Waals surface area contributed by atoms with Crippen molar-refractivity contribution < 1.29 is 13.9 Å². The highest BCUT2D eigenvalue weighted by atomic mass is 79.9. The molecule has 2 unspecified atom stereocenters. The Kier molecular flexibility index (Phi) is 3.82. The Hall–Kier alpha value is -1.14. The smallest absolute Gasteiger partial charge is 0.253 e. The average Bonchev–Trinajstić information content (AvgIpc) is 2.64. The largest absolute Gasteiger partial charge is 0.396 e. The van der Waals surface area contributed by atoms with Crippen LogP contribution >= 0.6 is 15.9 Å². The number of amides is 1. The molecule has 1 heterocycles. The standard InChI is InChI=1S/C13H16BrFN2O2/c1-7-13(2,3-4-19-7)17-12(18)8-5-11(16)10(15)6-9(8)14/h5-7H,3-4,16H2,1-2H3,(H,17,18). The topological polar surface area (TPSA) is 64.3 Å². The third-order valence-electron chi connectivity index (χ3n) is 3.62. The number of carbonyl (C=O) groups is 1. The number of carbonyl (C=O) groups excluding carboxylic acids is 1. The SMILES string of the molecule is CC1OCCC1(C)NC(=O)c1cc(N)c(F)cc1Br. The summed E-state index contributed by atoms with van der Waals surface area (Å²) in [5, 5.41) is 2.94. The van der Waals surface area contributed by atoms with Crippen LogP contribution in [-0.2, 0) is 4.74 Å². The van der Waals surface area contributed by atoms with Crippen LogP contribution in [0.1, 0.15) is 30.6 Å². The molecule has 0 aromatic heterocycles. The molecule has 1 aromatic rings. The lowest BCUT2D eigenvalue weighted by Crippen LogP contribution is -2.50. The minimum atomic E-state index is -0.549. The first-order valence-corrected chi connectivity index (χ1v) is 6.81. The molecule has 2 atom stereocenters. The van der Waals surface area contributed by atoms with Crippen LogP contribution in [0.4, 0.5) is 10.1 Å². The van der Waals surface area contributed by atoms with Crippen molar-refractivity contribution in [1.82, 2.24) is 5.32 Å². The predicted molar refractivity (Wildman–Crippen MR) is 74.4 cm³/mol. The van der Waals surface area contributed by atoms with E-state index >= 15 is 0 Å². The van der Waals surface area contributed by atoms with Gasteiger partial charge in [-0.15, -0.1) is 0 Å². The van der Waals surface area contributed by atoms with E-state index in [1.54, 1.807) is 0 Å². The molecule has 1 aromatic carbocycles. The summed E-state index contributed by atoms with van der Waals surface area (Å²) in [4.78, 5) is 12.3. The van der Waals surface area contributed by atoms with E-state index in [1.165, 1.54) is 12.1 Å². The van der Waals surface area contributed by atoms with Gasteiger partial charge >= 0.3 is 0 Å². The molecule has 0 aliphatic carbocycles. The van der Waals surface area contributed by atoms with Crippen molar-refractivity contribution in [1.29, 1.82) is 0 Å². The Morgan fingerprint density at radius 1 is 1.63 bits per heavy atom. The summed E-state index contributed by atoms with van der Waals surface area (Å²) >= 11 is 3.18. The highest BCUT2D eigenvalue weighted by Gasteiger charge is 2.38. The summed E-state index contributed by atoms with van der Waals surface area (Å²) in [5.41, 5.74) is 5.35. The van der Waals surface area contributed by atoms with Gasteiger partial charge < -0.3 is 15.8 Å². The van der Waals surface area contributed by atoms with E-state index in [0.717, 1.165) is 6.42 Å². The third kappa shape index (κ3) is 2.74. The maximum Gasteiger partial charge on any atom is 0.253 e. The molecule has 1 aliphatic heterocycles. The third-order valence-corrected chi connectivity index (χ3v) is 4.27. The van der Waals surface area contributed by atoms with E-state index in [1.807, 2.05) is 13.8 Å². The van der Waals surface area contributed by atoms with Crippen LogP contribution in [0, 0.1) is 5.82 Å². The molecule has 19 heavy (non-hydrogen) atoms. The van der Waals surface area contributed by atoms with Crippen LogP contribution in [0.2, 0.25) is 0 Å². The molecule has 0 spiro atoms. The fraction of sp³-hybridized carbons (Fsp3) is 0.462. The van der Waals surface area contributed by atoms with E-state index in [4.69, 9.17) is 10.5 Å². The van der Waals surface area contributed by atoms with Crippen LogP contribution in [-0.4, -0.2) is 24.2 Å². The molecule has 4 nitrogen and oxygen atoms in total. The van der Waals surface area contributed by atoms with Gasteiger partial charge in [0.1, 0.15) is 5.82 Å². The summed E-state index contributed by atoms with van der Waals surface area (Å²) in [5.74, 6) is -0.842. The molecule has 1 fully saturated rings. The van der Waals surface area contributed by atoms with Gasteiger partial charge in [0.05, 0.1) is 22.9 Å². The fourth-order valence-electron chi connectivity index (χ4n) is 2.07. The number of anilines is 1. The zero-order valence-electron chi connectivity index (χ0n) is 10.8. The van der Waals surface area contributed by atoms with Gasteiger partial charge in [0.2, 0.25) is 0 Å². The van der Waals surface area contributed by atoms with Crippen molar-refractivity contribution in [3.8, 4) is 0 Å². The van der Waals surface area contributed by atoms with Gasteiger partial charge in [0.15, 0.2) is 0 Å². The van der Waals surface area contributed by atoms with Gasteiger partial charge in [0.25, 0.3) is 5.91 Å². The molecule has 0 saturated carbocycles. The van der Waals surface area contributed by atoms with Crippen molar-refractivity contribution in [2.45, 2.75) is 31.9 Å². The van der Waals surface area contributed by atoms with Crippen LogP contribution < -0.4 is 11.1 Å². The quantitative estimate of drug-likeness (QED) is 0.819. The summed E-state index contributed by atoms with van der Waals surface area (Å²) in [6.07, 6.45) is 0.682. The molecule has 0 bridgehead atoms. The molecule has 1 amide bonds. The summed E-state index contributed by atoms with van der Waals surface area (Å²) in [6.45, 7) is 4.47. The number of rotatable bonds is 2. The van der Waals surface area contributed by atoms with E-state index in [2.05, 4.69) is 21.2 Å². The molecular formula is C13H16BrFN2O2. The second kappa shape index (κ2) is 5.09. The number of nitrogen functional groups attached to an aromatic ring is 1. The zero-order chi connectivity index (χ0) is 14.2. The van der Waals surface area contributed by atoms with E-state index in [0.29, 0.717) is 16.6 Å². The molecular weight excluding hydrogens is 315 g/mol. The second-order valence-corrected chi connectivity index (χ2v) is 5.84. The maximum atomic E-state index is 13.3. The Balaban J connectivity index is 2.23. The minimum absolute atomic E-state index is 0.0470. The highest BCUT2D eigenvalue weighted by Crippen LogP contribution is 2.27. The lowest BCUT2D eigenvalue weighted by Gasteiger charge is -2.29. The Morgan fingerprint density at radius 3 is 2.89 bits per heavy atom. The van der Waals surface area contributed by atoms with Gasteiger partial charge in [0, 0.05) is 11.1 Å². The van der Waals surface area contributed by atoms with Gasteiger partial charge in [-0.05, 0) is 48.3 Å². The Labute approximate surface area is 119 Å². The Bertz CT molecular complexity index is 524. The number of nitrogens with one attached hydrogen (secondary N) is 1. The van der Waals surface area contributed by atoms with Gasteiger partial charge in [-0.2, -0.15) is 0 Å². The summed E-state index contributed by atoms with van der Waals surface area (Å²) in [7, 11) is 0. The summed E-state index contributed by atoms with van der Waals surface area (Å²) in [6, 6.07) is 2.53. The van der Waals surface area contributed by atoms with Crippen LogP contribution in [0.3, 0.4) is 0 Å². The first-order chi connectivity index (χ1) is 8.83. The Morgan fingerprint density at radius 2 is 2.32 bits per heavy atom. The molecule has 3 N–H and O–H groups in total. The van der Waals surface area contributed by atoms with Crippen molar-refractivity contribution >= 4 is 27.5 Å². The molecule has 104 valence electrons. The average molecular weight is 331 g/mol. The monoisotopic (exact) mass is 330 g/mol. The first kappa shape index (κ1) is 14.3.